The molecule has 1 unspecified atom stereocenters. The fourth-order valence-corrected chi connectivity index (χ4v) is 4.76. The molecule has 2 heterocycles. The van der Waals surface area contributed by atoms with Crippen molar-refractivity contribution in [2.24, 2.45) is 0 Å². The van der Waals surface area contributed by atoms with Crippen molar-refractivity contribution in [3.05, 3.63) is 92.1 Å². The predicted molar refractivity (Wildman–Crippen MR) is 135 cm³/mol. The van der Waals surface area contributed by atoms with Crippen molar-refractivity contribution in [1.82, 2.24) is 15.3 Å². The van der Waals surface area contributed by atoms with Crippen molar-refractivity contribution in [2.75, 3.05) is 5.32 Å². The Labute approximate surface area is 205 Å². The topological polar surface area (TPSA) is 104 Å². The first-order valence-corrected chi connectivity index (χ1v) is 12.0. The molecule has 4 rings (SSSR count). The maximum Gasteiger partial charge on any atom is 0.259 e. The molecule has 0 aliphatic rings. The zero-order valence-corrected chi connectivity index (χ0v) is 20.4. The molecular weight excluding hydrogens is 467 g/mol. The number of carbonyl (C=O) groups is 2. The van der Waals surface area contributed by atoms with E-state index in [1.165, 1.54) is 35.6 Å². The van der Waals surface area contributed by atoms with E-state index in [1.807, 2.05) is 32.9 Å². The largest absolute Gasteiger partial charge is 0.350 e. The number of halogens is 1. The van der Waals surface area contributed by atoms with E-state index >= 15 is 0 Å². The molecule has 0 aliphatic heterocycles. The number of amides is 2. The van der Waals surface area contributed by atoms with Crippen molar-refractivity contribution in [1.29, 1.82) is 0 Å². The minimum absolute atomic E-state index is 0.160. The lowest BCUT2D eigenvalue weighted by atomic mass is 10.1. The van der Waals surface area contributed by atoms with Crippen molar-refractivity contribution >= 4 is 39.1 Å². The van der Waals surface area contributed by atoms with Gasteiger partial charge in [-0.15, -0.1) is 11.3 Å². The highest BCUT2D eigenvalue weighted by Crippen LogP contribution is 2.25. The van der Waals surface area contributed by atoms with Crippen molar-refractivity contribution in [3.63, 3.8) is 0 Å². The molecule has 1 atom stereocenters. The van der Waals surface area contributed by atoms with Crippen LogP contribution in [0.2, 0.25) is 0 Å². The third kappa shape index (κ3) is 5.63. The SMILES string of the molecule is Cc1sc2nc(CCC(=O)NC(C)c3ccc(NC(=O)c4ccc(F)cc4)cc3)[nH]c(=O)c2c1C. The molecule has 2 amide bonds. The highest BCUT2D eigenvalue weighted by molar-refractivity contribution is 7.18. The van der Waals surface area contributed by atoms with Crippen LogP contribution >= 0.6 is 11.3 Å². The van der Waals surface area contributed by atoms with Gasteiger partial charge < -0.3 is 15.6 Å². The van der Waals surface area contributed by atoms with Gasteiger partial charge in [0.2, 0.25) is 5.91 Å². The molecule has 0 bridgehead atoms. The number of nitrogens with zero attached hydrogens (tertiary/aromatic N) is 1. The van der Waals surface area contributed by atoms with Crippen LogP contribution in [0.25, 0.3) is 10.2 Å². The average molecular weight is 493 g/mol. The van der Waals surface area contributed by atoms with Gasteiger partial charge in [0.1, 0.15) is 16.5 Å². The van der Waals surface area contributed by atoms with Crippen LogP contribution in [-0.2, 0) is 11.2 Å². The number of nitrogens with one attached hydrogen (secondary N) is 3. The molecule has 180 valence electrons. The summed E-state index contributed by atoms with van der Waals surface area (Å²) in [5.74, 6) is -0.405. The van der Waals surface area contributed by atoms with Crippen LogP contribution in [0.1, 0.15) is 51.6 Å². The summed E-state index contributed by atoms with van der Waals surface area (Å²) >= 11 is 1.48. The van der Waals surface area contributed by atoms with E-state index in [2.05, 4.69) is 20.6 Å². The quantitative estimate of drug-likeness (QED) is 0.345. The van der Waals surface area contributed by atoms with E-state index in [-0.39, 0.29) is 29.8 Å². The zero-order valence-electron chi connectivity index (χ0n) is 19.6. The molecule has 7 nitrogen and oxygen atoms in total. The highest BCUT2D eigenvalue weighted by atomic mass is 32.1. The van der Waals surface area contributed by atoms with Crippen molar-refractivity contribution < 1.29 is 14.0 Å². The second-order valence-electron chi connectivity index (χ2n) is 8.35. The predicted octanol–water partition coefficient (Wildman–Crippen LogP) is 4.80. The van der Waals surface area contributed by atoms with Crippen molar-refractivity contribution in [3.8, 4) is 0 Å². The molecule has 2 aromatic carbocycles. The number of aryl methyl sites for hydroxylation is 3. The third-order valence-electron chi connectivity index (χ3n) is 5.83. The molecule has 3 N–H and O–H groups in total. The number of hydrogen-bond donors (Lipinski definition) is 3. The molecule has 0 saturated heterocycles. The number of thiophene rings is 1. The lowest BCUT2D eigenvalue weighted by Gasteiger charge is -2.15. The standard InChI is InChI=1S/C26H25FN4O3S/c1-14-16(3)35-26-23(14)25(34)30-21(31-26)12-13-22(32)28-15(2)17-6-10-20(11-7-17)29-24(33)18-4-8-19(27)9-5-18/h4-11,15H,12-13H2,1-3H3,(H,28,32)(H,29,33)(H,30,31,34). The summed E-state index contributed by atoms with van der Waals surface area (Å²) in [5.41, 5.74) is 2.59. The van der Waals surface area contributed by atoms with Crippen LogP contribution in [0, 0.1) is 19.7 Å². The summed E-state index contributed by atoms with van der Waals surface area (Å²) in [4.78, 5) is 46.2. The van der Waals surface area contributed by atoms with Crippen LogP contribution in [0.15, 0.2) is 53.3 Å². The Bertz CT molecular complexity index is 1440. The number of carbonyl (C=O) groups excluding carboxylic acids is 2. The molecule has 0 aliphatic carbocycles. The van der Waals surface area contributed by atoms with Gasteiger partial charge in [0.15, 0.2) is 0 Å². The van der Waals surface area contributed by atoms with E-state index in [0.29, 0.717) is 33.7 Å². The lowest BCUT2D eigenvalue weighted by molar-refractivity contribution is -0.121. The first kappa shape index (κ1) is 24.3. The molecule has 0 saturated carbocycles. The first-order chi connectivity index (χ1) is 16.7. The minimum Gasteiger partial charge on any atom is -0.350 e. The molecule has 0 radical (unpaired) electrons. The summed E-state index contributed by atoms with van der Waals surface area (Å²) in [6, 6.07) is 12.2. The van der Waals surface area contributed by atoms with Gasteiger partial charge >= 0.3 is 0 Å². The van der Waals surface area contributed by atoms with Gasteiger partial charge in [-0.1, -0.05) is 12.1 Å². The van der Waals surface area contributed by atoms with Crippen LogP contribution in [-0.4, -0.2) is 21.8 Å². The number of fused-ring (bicyclic) bond motifs is 1. The monoisotopic (exact) mass is 492 g/mol. The van der Waals surface area contributed by atoms with Gasteiger partial charge in [0.05, 0.1) is 11.4 Å². The first-order valence-electron chi connectivity index (χ1n) is 11.2. The number of H-pyrrole nitrogens is 1. The van der Waals surface area contributed by atoms with Gasteiger partial charge in [0, 0.05) is 29.0 Å². The van der Waals surface area contributed by atoms with Crippen LogP contribution in [0.4, 0.5) is 10.1 Å². The molecular formula is C26H25FN4O3S. The molecule has 35 heavy (non-hydrogen) atoms. The second kappa shape index (κ2) is 10.2. The summed E-state index contributed by atoms with van der Waals surface area (Å²) < 4.78 is 13.0. The average Bonchev–Trinajstić information content (AvgIpc) is 3.12. The minimum atomic E-state index is -0.403. The summed E-state index contributed by atoms with van der Waals surface area (Å²) in [6.07, 6.45) is 0.516. The summed E-state index contributed by atoms with van der Waals surface area (Å²) in [5, 5.41) is 6.32. The Morgan fingerprint density at radius 1 is 1.09 bits per heavy atom. The Morgan fingerprint density at radius 3 is 2.46 bits per heavy atom. The second-order valence-corrected chi connectivity index (χ2v) is 9.55. The molecule has 0 fully saturated rings. The summed E-state index contributed by atoms with van der Waals surface area (Å²) in [6.45, 7) is 5.74. The van der Waals surface area contributed by atoms with Crippen LogP contribution in [0.3, 0.4) is 0 Å². The number of aromatic amines is 1. The number of aromatic nitrogens is 2. The van der Waals surface area contributed by atoms with Gasteiger partial charge in [-0.05, 0) is 68.3 Å². The van der Waals surface area contributed by atoms with Gasteiger partial charge in [-0.2, -0.15) is 0 Å². The maximum atomic E-state index is 13.0. The van der Waals surface area contributed by atoms with E-state index in [1.54, 1.807) is 12.1 Å². The van der Waals surface area contributed by atoms with Gasteiger partial charge in [0.25, 0.3) is 11.5 Å². The van der Waals surface area contributed by atoms with E-state index in [0.717, 1.165) is 16.0 Å². The van der Waals surface area contributed by atoms with E-state index < -0.39 is 5.82 Å². The number of rotatable bonds is 7. The highest BCUT2D eigenvalue weighted by Gasteiger charge is 2.14. The Kier molecular flexibility index (Phi) is 7.07. The van der Waals surface area contributed by atoms with E-state index in [9.17, 15) is 18.8 Å². The fraction of sp³-hybridized carbons (Fsp3) is 0.231. The Balaban J connectivity index is 1.32. The van der Waals surface area contributed by atoms with Gasteiger partial charge in [-0.25, -0.2) is 9.37 Å². The fourth-order valence-electron chi connectivity index (χ4n) is 3.71. The lowest BCUT2D eigenvalue weighted by Crippen LogP contribution is -2.27. The molecule has 4 aromatic rings. The van der Waals surface area contributed by atoms with Gasteiger partial charge in [-0.3, -0.25) is 14.4 Å². The van der Waals surface area contributed by atoms with Crippen LogP contribution in [0.5, 0.6) is 0 Å². The smallest absolute Gasteiger partial charge is 0.259 e. The van der Waals surface area contributed by atoms with Crippen LogP contribution < -0.4 is 16.2 Å². The third-order valence-corrected chi connectivity index (χ3v) is 6.93. The number of benzene rings is 2. The maximum absolute atomic E-state index is 13.0. The molecule has 9 heteroatoms. The Hall–Kier alpha value is -3.85. The van der Waals surface area contributed by atoms with Crippen molar-refractivity contribution in [2.45, 2.75) is 39.7 Å². The zero-order chi connectivity index (χ0) is 25.1. The Morgan fingerprint density at radius 2 is 1.77 bits per heavy atom. The normalized spacial score (nSPS) is 11.9. The number of anilines is 1. The molecule has 0 spiro atoms. The van der Waals surface area contributed by atoms with E-state index in [4.69, 9.17) is 0 Å². The molecule has 2 aromatic heterocycles. The number of hydrogen-bond acceptors (Lipinski definition) is 5. The summed E-state index contributed by atoms with van der Waals surface area (Å²) in [7, 11) is 0.